The molecule has 6 aromatic rings. The quantitative estimate of drug-likeness (QED) is 0.0843. The molecule has 3 aliphatic heterocycles. The van der Waals surface area contributed by atoms with Gasteiger partial charge in [-0.15, -0.1) is 22.7 Å². The Morgan fingerprint density at radius 3 is 1.97 bits per heavy atom. The van der Waals surface area contributed by atoms with Crippen LogP contribution in [0.5, 0.6) is 0 Å². The number of imidazole rings is 1. The fourth-order valence-corrected chi connectivity index (χ4v) is 11.3. The number of hydrogen-bond acceptors (Lipinski definition) is 9. The summed E-state index contributed by atoms with van der Waals surface area (Å²) in [7, 11) is 0. The number of thiophene rings is 2. The van der Waals surface area contributed by atoms with Crippen molar-refractivity contribution >= 4 is 73.3 Å². The highest BCUT2D eigenvalue weighted by Gasteiger charge is 2.39. The second-order valence-corrected chi connectivity index (χ2v) is 17.3. The lowest BCUT2D eigenvalue weighted by atomic mass is 9.98. The molecular weight excluding hydrogens is 807 g/mol. The van der Waals surface area contributed by atoms with Gasteiger partial charge in [0.05, 0.1) is 33.4 Å². The Balaban J connectivity index is 0.873. The molecule has 9 rings (SSSR count). The lowest BCUT2D eigenvalue weighted by Gasteiger charge is -2.29. The second kappa shape index (κ2) is 17.2. The van der Waals surface area contributed by atoms with Crippen LogP contribution < -0.4 is 10.6 Å². The van der Waals surface area contributed by atoms with Crippen molar-refractivity contribution in [3.8, 4) is 22.4 Å². The SMILES string of the molecule is CC(=O)N[C@@H](C(=O)N1CCCC1C1=NC=C(c2csc3c(-c4ccc(-c5cnc(C6CCCN6C(=O)[C@H](NC(=O)C=O)c6ccccc6)[nH]5)cc4)csc23)C1)c1ccccc1. The number of likely N-dealkylation sites (tertiary alicyclic amines) is 2. The van der Waals surface area contributed by atoms with Crippen LogP contribution in [0.25, 0.3) is 37.4 Å². The molecule has 3 aliphatic rings. The molecule has 3 aromatic carbocycles. The van der Waals surface area contributed by atoms with Crippen LogP contribution in [0, 0.1) is 0 Å². The molecule has 61 heavy (non-hydrogen) atoms. The number of carbonyl (C=O) groups excluding carboxylic acids is 5. The topological polar surface area (TPSA) is 157 Å². The summed E-state index contributed by atoms with van der Waals surface area (Å²) in [5.74, 6) is -0.813. The van der Waals surface area contributed by atoms with Crippen molar-refractivity contribution < 1.29 is 24.0 Å². The third-order valence-corrected chi connectivity index (χ3v) is 13.9. The zero-order valence-corrected chi connectivity index (χ0v) is 35.0. The second-order valence-electron chi connectivity index (χ2n) is 15.6. The van der Waals surface area contributed by atoms with Gasteiger partial charge in [0.2, 0.25) is 24.0 Å². The van der Waals surface area contributed by atoms with Gasteiger partial charge in [0.1, 0.15) is 17.9 Å². The molecule has 3 N–H and O–H groups in total. The van der Waals surface area contributed by atoms with Gasteiger partial charge in [-0.25, -0.2) is 4.98 Å². The summed E-state index contributed by atoms with van der Waals surface area (Å²) < 4.78 is 2.43. The Morgan fingerprint density at radius 2 is 1.33 bits per heavy atom. The third-order valence-electron chi connectivity index (χ3n) is 11.8. The van der Waals surface area contributed by atoms with E-state index in [1.54, 1.807) is 58.0 Å². The molecule has 2 saturated heterocycles. The Kier molecular flexibility index (Phi) is 11.3. The minimum atomic E-state index is -0.984. The van der Waals surface area contributed by atoms with Gasteiger partial charge in [-0.3, -0.25) is 29.0 Å². The van der Waals surface area contributed by atoms with Crippen molar-refractivity contribution in [1.29, 1.82) is 0 Å². The third kappa shape index (κ3) is 7.96. The largest absolute Gasteiger partial charge is 0.341 e. The van der Waals surface area contributed by atoms with E-state index in [2.05, 4.69) is 50.6 Å². The number of carbonyl (C=O) groups is 5. The molecule has 0 radical (unpaired) electrons. The Hall–Kier alpha value is -6.51. The van der Waals surface area contributed by atoms with E-state index >= 15 is 0 Å². The number of aldehydes is 1. The molecule has 0 aliphatic carbocycles. The van der Waals surface area contributed by atoms with Crippen LogP contribution in [0.4, 0.5) is 0 Å². The van der Waals surface area contributed by atoms with Gasteiger partial charge in [-0.1, -0.05) is 84.9 Å². The van der Waals surface area contributed by atoms with E-state index < -0.39 is 18.0 Å². The number of aliphatic imine (C=N–C) groups is 1. The van der Waals surface area contributed by atoms with Crippen LogP contribution in [-0.2, 0) is 24.0 Å². The molecule has 12 nitrogen and oxygen atoms in total. The number of hydrogen-bond donors (Lipinski definition) is 3. The maximum Gasteiger partial charge on any atom is 0.285 e. The van der Waals surface area contributed by atoms with E-state index in [4.69, 9.17) is 9.98 Å². The monoisotopic (exact) mass is 849 g/mol. The maximum absolute atomic E-state index is 14.0. The Labute approximate surface area is 360 Å². The van der Waals surface area contributed by atoms with E-state index in [1.807, 2.05) is 47.5 Å². The first-order chi connectivity index (χ1) is 29.8. The van der Waals surface area contributed by atoms with Crippen molar-refractivity contribution in [2.45, 2.75) is 63.2 Å². The first kappa shape index (κ1) is 39.9. The van der Waals surface area contributed by atoms with Crippen LogP contribution in [0.3, 0.4) is 0 Å². The number of benzene rings is 3. The van der Waals surface area contributed by atoms with E-state index in [-0.39, 0.29) is 36.1 Å². The highest BCUT2D eigenvalue weighted by atomic mass is 32.1. The summed E-state index contributed by atoms with van der Waals surface area (Å²) in [6.45, 7) is 2.58. The van der Waals surface area contributed by atoms with Gasteiger partial charge >= 0.3 is 0 Å². The van der Waals surface area contributed by atoms with Crippen LogP contribution >= 0.6 is 22.7 Å². The van der Waals surface area contributed by atoms with Crippen molar-refractivity contribution in [1.82, 2.24) is 30.4 Å². The fraction of sp³-hybridized carbons (Fsp3) is 0.255. The van der Waals surface area contributed by atoms with Crippen LogP contribution in [-0.4, -0.2) is 74.5 Å². The number of allylic oxidation sites excluding steroid dienone is 1. The maximum atomic E-state index is 14.0. The molecule has 0 spiro atoms. The van der Waals surface area contributed by atoms with Gasteiger partial charge in [0.15, 0.2) is 0 Å². The van der Waals surface area contributed by atoms with Crippen molar-refractivity contribution in [2.24, 2.45) is 4.99 Å². The molecule has 3 aromatic heterocycles. The number of nitrogens with zero attached hydrogens (tertiary/aromatic N) is 4. The predicted octanol–water partition coefficient (Wildman–Crippen LogP) is 7.79. The summed E-state index contributed by atoms with van der Waals surface area (Å²) in [4.78, 5) is 80.0. The number of amides is 4. The number of nitrogens with one attached hydrogen (secondary N) is 3. The number of aromatic nitrogens is 2. The van der Waals surface area contributed by atoms with E-state index in [0.29, 0.717) is 30.9 Å². The van der Waals surface area contributed by atoms with Crippen LogP contribution in [0.15, 0.2) is 113 Å². The molecule has 6 heterocycles. The molecular formula is C47H43N7O5S2. The molecule has 14 heteroatoms. The zero-order valence-electron chi connectivity index (χ0n) is 33.4. The fourth-order valence-electron chi connectivity index (χ4n) is 8.81. The van der Waals surface area contributed by atoms with Gasteiger partial charge < -0.3 is 25.4 Å². The Morgan fingerprint density at radius 1 is 0.754 bits per heavy atom. The predicted molar refractivity (Wildman–Crippen MR) is 238 cm³/mol. The standard InChI is InChI=1S/C47H43N7O5S2/c1-28(56)50-41(31-10-4-2-5-11-31)46(58)53-20-8-14-38(53)36-22-33(23-48-36)35-27-61-43-34(26-60-44(35)43)29-16-18-30(19-17-29)37-24-49-45(51-37)39-15-9-21-54(39)47(59)42(52-40(57)25-55)32-12-6-3-7-13-32/h2-7,10-13,16-19,23-27,38-39,41-42H,8-9,14-15,20-22H2,1H3,(H,49,51)(H,50,56)(H,52,57)/t38?,39?,41-,42-/m1/s1. The summed E-state index contributed by atoms with van der Waals surface area (Å²) in [6.07, 6.45) is 7.82. The highest BCUT2D eigenvalue weighted by molar-refractivity contribution is 7.27. The minimum Gasteiger partial charge on any atom is -0.341 e. The lowest BCUT2D eigenvalue weighted by molar-refractivity contribution is -0.139. The average Bonchev–Trinajstić information content (AvgIpc) is 4.14. The van der Waals surface area contributed by atoms with Crippen molar-refractivity contribution in [2.75, 3.05) is 13.1 Å². The zero-order chi connectivity index (χ0) is 42.0. The van der Waals surface area contributed by atoms with Crippen LogP contribution in [0.1, 0.15) is 79.7 Å². The molecule has 2 unspecified atom stereocenters. The van der Waals surface area contributed by atoms with Crippen molar-refractivity contribution in [3.63, 3.8) is 0 Å². The minimum absolute atomic E-state index is 0.106. The highest BCUT2D eigenvalue weighted by Crippen LogP contribution is 2.45. The first-order valence-corrected chi connectivity index (χ1v) is 22.2. The number of H-pyrrole nitrogens is 1. The van der Waals surface area contributed by atoms with Gasteiger partial charge in [0.25, 0.3) is 5.91 Å². The molecule has 4 atom stereocenters. The average molecular weight is 850 g/mol. The summed E-state index contributed by atoms with van der Waals surface area (Å²) >= 11 is 3.45. The summed E-state index contributed by atoms with van der Waals surface area (Å²) in [5, 5.41) is 9.88. The van der Waals surface area contributed by atoms with E-state index in [1.165, 1.54) is 27.5 Å². The molecule has 0 saturated carbocycles. The smallest absolute Gasteiger partial charge is 0.285 e. The summed E-state index contributed by atoms with van der Waals surface area (Å²) in [6, 6.07) is 24.6. The number of aromatic amines is 1. The molecule has 0 bridgehead atoms. The molecule has 308 valence electrons. The normalized spacial score (nSPS) is 18.4. The lowest BCUT2D eigenvalue weighted by Crippen LogP contribution is -2.46. The van der Waals surface area contributed by atoms with Gasteiger partial charge in [0, 0.05) is 60.2 Å². The first-order valence-electron chi connectivity index (χ1n) is 20.4. The van der Waals surface area contributed by atoms with Gasteiger partial charge in [-0.05, 0) is 53.5 Å². The number of rotatable bonds is 12. The molecule has 2 fully saturated rings. The number of fused-ring (bicyclic) bond motifs is 1. The Bertz CT molecular complexity index is 2680. The van der Waals surface area contributed by atoms with Crippen LogP contribution in [0.2, 0.25) is 0 Å². The summed E-state index contributed by atoms with van der Waals surface area (Å²) in [5.41, 5.74) is 8.74. The van der Waals surface area contributed by atoms with Gasteiger partial charge in [-0.2, -0.15) is 0 Å². The van der Waals surface area contributed by atoms with E-state index in [0.717, 1.165) is 59.4 Å². The molecule has 4 amide bonds. The van der Waals surface area contributed by atoms with Crippen molar-refractivity contribution in [3.05, 3.63) is 131 Å². The van der Waals surface area contributed by atoms with E-state index in [9.17, 15) is 24.0 Å².